The molecule has 3 aromatic rings. The van der Waals surface area contributed by atoms with E-state index >= 15 is 0 Å². The SMILES string of the molecule is C=C/C(=N\c1ccccc1C)c1cc(NC(=O)c2ccc(Cl)cc2)ccc1Cl. The number of nitrogens with one attached hydrogen (secondary N) is 1. The summed E-state index contributed by atoms with van der Waals surface area (Å²) in [6.07, 6.45) is 1.65. The molecule has 0 atom stereocenters. The van der Waals surface area contributed by atoms with Gasteiger partial charge in [0.25, 0.3) is 5.91 Å². The highest BCUT2D eigenvalue weighted by molar-refractivity contribution is 6.35. The molecule has 0 spiro atoms. The number of rotatable bonds is 5. The monoisotopic (exact) mass is 408 g/mol. The molecule has 0 radical (unpaired) electrons. The lowest BCUT2D eigenvalue weighted by molar-refractivity contribution is 0.102. The predicted octanol–water partition coefficient (Wildman–Crippen LogP) is 6.86. The number of aryl methyl sites for hydroxylation is 1. The summed E-state index contributed by atoms with van der Waals surface area (Å²) < 4.78 is 0. The highest BCUT2D eigenvalue weighted by Crippen LogP contribution is 2.25. The third-order valence-electron chi connectivity index (χ3n) is 4.16. The quantitative estimate of drug-likeness (QED) is 0.460. The minimum atomic E-state index is -0.235. The van der Waals surface area contributed by atoms with Gasteiger partial charge in [0, 0.05) is 21.8 Å². The Bertz CT molecular complexity index is 1060. The van der Waals surface area contributed by atoms with E-state index in [1.54, 1.807) is 48.5 Å². The second-order valence-corrected chi connectivity index (χ2v) is 6.99. The van der Waals surface area contributed by atoms with E-state index in [0.29, 0.717) is 32.6 Å². The number of allylic oxidation sites excluding steroid dienone is 1. The second kappa shape index (κ2) is 8.87. The molecule has 0 bridgehead atoms. The van der Waals surface area contributed by atoms with Gasteiger partial charge in [-0.3, -0.25) is 4.79 Å². The van der Waals surface area contributed by atoms with Crippen LogP contribution in [0.5, 0.6) is 0 Å². The Balaban J connectivity index is 1.92. The normalized spacial score (nSPS) is 11.2. The average molecular weight is 409 g/mol. The van der Waals surface area contributed by atoms with Gasteiger partial charge >= 0.3 is 0 Å². The van der Waals surface area contributed by atoms with Crippen LogP contribution >= 0.6 is 23.2 Å². The number of aliphatic imine (C=N–C) groups is 1. The molecule has 3 nitrogen and oxygen atoms in total. The van der Waals surface area contributed by atoms with Crippen molar-refractivity contribution in [2.45, 2.75) is 6.92 Å². The van der Waals surface area contributed by atoms with Gasteiger partial charge in [-0.05, 0) is 67.1 Å². The van der Waals surface area contributed by atoms with Crippen LogP contribution in [0.15, 0.2) is 84.4 Å². The summed E-state index contributed by atoms with van der Waals surface area (Å²) in [6.45, 7) is 5.85. The van der Waals surface area contributed by atoms with Crippen LogP contribution in [0, 0.1) is 6.92 Å². The molecular formula is C23H18Cl2N2O. The number of carbonyl (C=O) groups excluding carboxylic acids is 1. The second-order valence-electron chi connectivity index (χ2n) is 6.14. The molecule has 0 aliphatic heterocycles. The van der Waals surface area contributed by atoms with Crippen LogP contribution < -0.4 is 5.32 Å². The number of carbonyl (C=O) groups is 1. The van der Waals surface area contributed by atoms with Crippen molar-refractivity contribution >= 4 is 46.2 Å². The fraction of sp³-hybridized carbons (Fsp3) is 0.0435. The summed E-state index contributed by atoms with van der Waals surface area (Å²) in [5.74, 6) is -0.235. The molecule has 1 N–H and O–H groups in total. The molecule has 3 rings (SSSR count). The zero-order valence-electron chi connectivity index (χ0n) is 15.2. The van der Waals surface area contributed by atoms with E-state index in [1.807, 2.05) is 31.2 Å². The van der Waals surface area contributed by atoms with E-state index in [-0.39, 0.29) is 5.91 Å². The molecule has 0 saturated carbocycles. The maximum absolute atomic E-state index is 12.5. The molecule has 0 unspecified atom stereocenters. The van der Waals surface area contributed by atoms with Crippen LogP contribution in [0.2, 0.25) is 10.0 Å². The van der Waals surface area contributed by atoms with Gasteiger partial charge in [0.05, 0.1) is 16.4 Å². The molecule has 140 valence electrons. The largest absolute Gasteiger partial charge is 0.322 e. The Hall–Kier alpha value is -2.88. The van der Waals surface area contributed by atoms with Crippen molar-refractivity contribution in [3.8, 4) is 0 Å². The van der Waals surface area contributed by atoms with Gasteiger partial charge in [-0.1, -0.05) is 48.0 Å². The van der Waals surface area contributed by atoms with Gasteiger partial charge < -0.3 is 5.32 Å². The van der Waals surface area contributed by atoms with Crippen LogP contribution in [0.1, 0.15) is 21.5 Å². The summed E-state index contributed by atoms with van der Waals surface area (Å²) in [6, 6.07) is 19.8. The van der Waals surface area contributed by atoms with E-state index in [2.05, 4.69) is 16.9 Å². The van der Waals surface area contributed by atoms with E-state index in [9.17, 15) is 4.79 Å². The Kier molecular flexibility index (Phi) is 6.30. The standard InChI is InChI=1S/C23H18Cl2N2O/c1-3-21(27-22-7-5-4-6-15(22)2)19-14-18(12-13-20(19)25)26-23(28)16-8-10-17(24)11-9-16/h3-14H,1H2,2H3,(H,26,28)/b27-21+. The minimum Gasteiger partial charge on any atom is -0.322 e. The van der Waals surface area contributed by atoms with Crippen molar-refractivity contribution in [1.29, 1.82) is 0 Å². The summed E-state index contributed by atoms with van der Waals surface area (Å²) >= 11 is 12.3. The minimum absolute atomic E-state index is 0.235. The van der Waals surface area contributed by atoms with Gasteiger partial charge in [-0.2, -0.15) is 0 Å². The number of para-hydroxylation sites is 1. The molecule has 28 heavy (non-hydrogen) atoms. The number of benzene rings is 3. The van der Waals surface area contributed by atoms with E-state index < -0.39 is 0 Å². The highest BCUT2D eigenvalue weighted by atomic mass is 35.5. The summed E-state index contributed by atoms with van der Waals surface area (Å²) in [4.78, 5) is 17.1. The average Bonchev–Trinajstić information content (AvgIpc) is 2.69. The number of hydrogen-bond donors (Lipinski definition) is 1. The molecule has 1 amide bonds. The Labute approximate surface area is 174 Å². The lowest BCUT2D eigenvalue weighted by atomic mass is 10.1. The molecule has 0 aliphatic carbocycles. The van der Waals surface area contributed by atoms with Crippen LogP contribution in [0.25, 0.3) is 0 Å². The van der Waals surface area contributed by atoms with Crippen LogP contribution in [0.4, 0.5) is 11.4 Å². The zero-order chi connectivity index (χ0) is 20.1. The van der Waals surface area contributed by atoms with Gasteiger partial charge in [0.1, 0.15) is 0 Å². The zero-order valence-corrected chi connectivity index (χ0v) is 16.8. The number of nitrogens with zero attached hydrogens (tertiary/aromatic N) is 1. The smallest absolute Gasteiger partial charge is 0.255 e. The summed E-state index contributed by atoms with van der Waals surface area (Å²) in [7, 11) is 0. The molecule has 0 saturated heterocycles. The lowest BCUT2D eigenvalue weighted by Gasteiger charge is -2.10. The van der Waals surface area contributed by atoms with E-state index in [1.165, 1.54) is 0 Å². The maximum atomic E-state index is 12.5. The van der Waals surface area contributed by atoms with Crippen molar-refractivity contribution in [3.05, 3.63) is 106 Å². The lowest BCUT2D eigenvalue weighted by Crippen LogP contribution is -2.12. The van der Waals surface area contributed by atoms with Crippen molar-refractivity contribution in [3.63, 3.8) is 0 Å². The molecule has 0 aromatic heterocycles. The van der Waals surface area contributed by atoms with Gasteiger partial charge in [-0.15, -0.1) is 0 Å². The van der Waals surface area contributed by atoms with E-state index in [0.717, 1.165) is 11.3 Å². The van der Waals surface area contributed by atoms with Gasteiger partial charge in [0.2, 0.25) is 0 Å². The van der Waals surface area contributed by atoms with Crippen LogP contribution in [0.3, 0.4) is 0 Å². The first-order valence-electron chi connectivity index (χ1n) is 8.61. The van der Waals surface area contributed by atoms with E-state index in [4.69, 9.17) is 23.2 Å². The van der Waals surface area contributed by atoms with Gasteiger partial charge in [-0.25, -0.2) is 4.99 Å². The molecule has 5 heteroatoms. The fourth-order valence-electron chi connectivity index (χ4n) is 2.64. The summed E-state index contributed by atoms with van der Waals surface area (Å²) in [5, 5.41) is 3.97. The molecule has 0 fully saturated rings. The Morgan fingerprint density at radius 2 is 1.75 bits per heavy atom. The summed E-state index contributed by atoms with van der Waals surface area (Å²) in [5.41, 5.74) is 4.32. The van der Waals surface area contributed by atoms with Crippen molar-refractivity contribution < 1.29 is 4.79 Å². The first-order chi connectivity index (χ1) is 13.5. The first kappa shape index (κ1) is 19.9. The third kappa shape index (κ3) is 4.69. The van der Waals surface area contributed by atoms with Crippen LogP contribution in [-0.4, -0.2) is 11.6 Å². The third-order valence-corrected chi connectivity index (χ3v) is 4.74. The van der Waals surface area contributed by atoms with Crippen molar-refractivity contribution in [2.75, 3.05) is 5.32 Å². The fourth-order valence-corrected chi connectivity index (χ4v) is 2.98. The molecule has 0 aliphatic rings. The molecule has 3 aromatic carbocycles. The maximum Gasteiger partial charge on any atom is 0.255 e. The number of hydrogen-bond acceptors (Lipinski definition) is 2. The first-order valence-corrected chi connectivity index (χ1v) is 9.37. The molecule has 0 heterocycles. The topological polar surface area (TPSA) is 41.5 Å². The van der Waals surface area contributed by atoms with Crippen LogP contribution in [-0.2, 0) is 0 Å². The number of amides is 1. The number of anilines is 1. The number of halogens is 2. The molecular weight excluding hydrogens is 391 g/mol. The predicted molar refractivity (Wildman–Crippen MR) is 118 cm³/mol. The Morgan fingerprint density at radius 3 is 2.43 bits per heavy atom. The van der Waals surface area contributed by atoms with Gasteiger partial charge in [0.15, 0.2) is 0 Å². The highest BCUT2D eigenvalue weighted by Gasteiger charge is 2.11. The van der Waals surface area contributed by atoms with Crippen molar-refractivity contribution in [1.82, 2.24) is 0 Å². The Morgan fingerprint density at radius 1 is 1.04 bits per heavy atom. The van der Waals surface area contributed by atoms with Crippen molar-refractivity contribution in [2.24, 2.45) is 4.99 Å².